The van der Waals surface area contributed by atoms with E-state index >= 15 is 0 Å². The summed E-state index contributed by atoms with van der Waals surface area (Å²) in [6, 6.07) is 18.7. The average Bonchev–Trinajstić information content (AvgIpc) is 2.70. The molecule has 3 rings (SSSR count). The first-order chi connectivity index (χ1) is 13.2. The Labute approximate surface area is 161 Å². The normalized spacial score (nSPS) is 15.4. The highest BCUT2D eigenvalue weighted by molar-refractivity contribution is 5.74. The van der Waals surface area contributed by atoms with Gasteiger partial charge in [-0.05, 0) is 29.5 Å². The summed E-state index contributed by atoms with van der Waals surface area (Å²) in [5, 5.41) is 6.09. The molecular formula is C22H29N3O2. The largest absolute Gasteiger partial charge is 0.380 e. The van der Waals surface area contributed by atoms with Crippen molar-refractivity contribution in [1.29, 1.82) is 0 Å². The van der Waals surface area contributed by atoms with Crippen molar-refractivity contribution in [3.05, 3.63) is 71.3 Å². The van der Waals surface area contributed by atoms with E-state index in [1.54, 1.807) is 7.11 Å². The third-order valence-corrected chi connectivity index (χ3v) is 5.03. The second-order valence-corrected chi connectivity index (χ2v) is 7.06. The number of benzene rings is 2. The van der Waals surface area contributed by atoms with Crippen LogP contribution >= 0.6 is 0 Å². The van der Waals surface area contributed by atoms with Gasteiger partial charge in [-0.15, -0.1) is 0 Å². The summed E-state index contributed by atoms with van der Waals surface area (Å²) in [5.41, 5.74) is 3.54. The van der Waals surface area contributed by atoms with Crippen molar-refractivity contribution >= 4 is 6.03 Å². The second-order valence-electron chi connectivity index (χ2n) is 7.06. The number of urea groups is 1. The fraction of sp³-hybridized carbons (Fsp3) is 0.409. The third-order valence-electron chi connectivity index (χ3n) is 5.03. The van der Waals surface area contributed by atoms with Gasteiger partial charge >= 0.3 is 6.03 Å². The van der Waals surface area contributed by atoms with Crippen LogP contribution in [0.25, 0.3) is 0 Å². The minimum absolute atomic E-state index is 0.0938. The third kappa shape index (κ3) is 6.08. The molecule has 2 amide bonds. The van der Waals surface area contributed by atoms with E-state index in [4.69, 9.17) is 4.74 Å². The second kappa shape index (κ2) is 10.1. The van der Waals surface area contributed by atoms with Gasteiger partial charge in [0.05, 0.1) is 6.61 Å². The van der Waals surface area contributed by atoms with Crippen molar-refractivity contribution in [3.8, 4) is 0 Å². The van der Waals surface area contributed by atoms with Crippen LogP contribution in [0.15, 0.2) is 54.6 Å². The molecule has 5 heteroatoms. The van der Waals surface area contributed by atoms with Crippen LogP contribution in [-0.4, -0.2) is 37.2 Å². The lowest BCUT2D eigenvalue weighted by Crippen LogP contribution is -2.47. The summed E-state index contributed by atoms with van der Waals surface area (Å²) in [6.45, 7) is 4.07. The Morgan fingerprint density at radius 1 is 1.04 bits per heavy atom. The molecule has 0 unspecified atom stereocenters. The molecule has 0 saturated carbocycles. The van der Waals surface area contributed by atoms with Crippen LogP contribution in [0, 0.1) is 0 Å². The smallest absolute Gasteiger partial charge is 0.315 e. The first-order valence-corrected chi connectivity index (χ1v) is 9.61. The molecule has 1 aliphatic heterocycles. The molecule has 0 spiro atoms. The van der Waals surface area contributed by atoms with Crippen LogP contribution in [0.5, 0.6) is 0 Å². The van der Waals surface area contributed by atoms with Gasteiger partial charge in [0.1, 0.15) is 0 Å². The molecule has 0 aromatic heterocycles. The number of hydrogen-bond acceptors (Lipinski definition) is 3. The number of amides is 2. The summed E-state index contributed by atoms with van der Waals surface area (Å²) in [5.74, 6) is 0. The predicted molar refractivity (Wildman–Crippen MR) is 107 cm³/mol. The lowest BCUT2D eigenvalue weighted by atomic mass is 10.0. The Bertz CT molecular complexity index is 713. The zero-order chi connectivity index (χ0) is 18.9. The lowest BCUT2D eigenvalue weighted by Gasteiger charge is -2.32. The van der Waals surface area contributed by atoms with Crippen LogP contribution in [0.1, 0.15) is 29.5 Å². The van der Waals surface area contributed by atoms with E-state index in [0.29, 0.717) is 13.2 Å². The van der Waals surface area contributed by atoms with Crippen LogP contribution in [-0.2, 0) is 24.4 Å². The van der Waals surface area contributed by atoms with E-state index in [1.165, 1.54) is 5.56 Å². The molecule has 1 heterocycles. The molecule has 2 aromatic carbocycles. The maximum Gasteiger partial charge on any atom is 0.315 e. The molecule has 27 heavy (non-hydrogen) atoms. The summed E-state index contributed by atoms with van der Waals surface area (Å²) < 4.78 is 5.22. The van der Waals surface area contributed by atoms with Gasteiger partial charge in [0.15, 0.2) is 0 Å². The topological polar surface area (TPSA) is 53.6 Å². The molecular weight excluding hydrogens is 338 g/mol. The van der Waals surface area contributed by atoms with Crippen LogP contribution < -0.4 is 10.6 Å². The Morgan fingerprint density at radius 3 is 2.41 bits per heavy atom. The Balaban J connectivity index is 1.39. The molecule has 1 saturated heterocycles. The molecule has 144 valence electrons. The number of ether oxygens (including phenoxy) is 1. The number of nitrogens with one attached hydrogen (secondary N) is 2. The monoisotopic (exact) mass is 367 g/mol. The van der Waals surface area contributed by atoms with Gasteiger partial charge in [0.2, 0.25) is 0 Å². The number of likely N-dealkylation sites (tertiary alicyclic amines) is 1. The highest BCUT2D eigenvalue weighted by atomic mass is 16.5. The van der Waals surface area contributed by atoms with Crippen molar-refractivity contribution in [2.24, 2.45) is 0 Å². The molecule has 1 aliphatic rings. The van der Waals surface area contributed by atoms with E-state index in [9.17, 15) is 4.79 Å². The van der Waals surface area contributed by atoms with Gasteiger partial charge in [-0.1, -0.05) is 54.6 Å². The van der Waals surface area contributed by atoms with Crippen LogP contribution in [0.4, 0.5) is 4.79 Å². The molecule has 0 radical (unpaired) electrons. The Kier molecular flexibility index (Phi) is 7.25. The Morgan fingerprint density at radius 2 is 1.70 bits per heavy atom. The number of rotatable bonds is 7. The Hall–Kier alpha value is -2.37. The van der Waals surface area contributed by atoms with E-state index in [-0.39, 0.29) is 12.1 Å². The standard InChI is InChI=1S/C22H29N3O2/c1-27-17-20-10-6-5-9-19(20)15-23-22(26)24-21-11-13-25(14-12-21)16-18-7-3-2-4-8-18/h2-10,21H,11-17H2,1H3,(H2,23,24,26). The SMILES string of the molecule is COCc1ccccc1CNC(=O)NC1CCN(Cc2ccccc2)CC1. The molecule has 2 N–H and O–H groups in total. The summed E-state index contributed by atoms with van der Waals surface area (Å²) in [4.78, 5) is 14.7. The number of hydrogen-bond donors (Lipinski definition) is 2. The highest BCUT2D eigenvalue weighted by Gasteiger charge is 2.20. The number of carbonyl (C=O) groups excluding carboxylic acids is 1. The van der Waals surface area contributed by atoms with E-state index < -0.39 is 0 Å². The van der Waals surface area contributed by atoms with Gasteiger partial charge in [-0.2, -0.15) is 0 Å². The van der Waals surface area contributed by atoms with E-state index in [0.717, 1.165) is 43.6 Å². The number of carbonyl (C=O) groups is 1. The van der Waals surface area contributed by atoms with Crippen molar-refractivity contribution in [3.63, 3.8) is 0 Å². The lowest BCUT2D eigenvalue weighted by molar-refractivity contribution is 0.183. The summed E-state index contributed by atoms with van der Waals surface area (Å²) >= 11 is 0. The number of piperidine rings is 1. The van der Waals surface area contributed by atoms with Gasteiger partial charge in [0, 0.05) is 39.3 Å². The van der Waals surface area contributed by atoms with Crippen molar-refractivity contribution in [2.45, 2.75) is 38.6 Å². The maximum absolute atomic E-state index is 12.3. The van der Waals surface area contributed by atoms with Gasteiger partial charge in [0.25, 0.3) is 0 Å². The minimum atomic E-state index is -0.0938. The fourth-order valence-electron chi connectivity index (χ4n) is 3.52. The number of nitrogens with zero attached hydrogens (tertiary/aromatic N) is 1. The summed E-state index contributed by atoms with van der Waals surface area (Å²) in [6.07, 6.45) is 1.97. The predicted octanol–water partition coefficient (Wildman–Crippen LogP) is 3.30. The molecule has 0 aliphatic carbocycles. The maximum atomic E-state index is 12.3. The zero-order valence-corrected chi connectivity index (χ0v) is 16.0. The zero-order valence-electron chi connectivity index (χ0n) is 16.0. The molecule has 0 bridgehead atoms. The molecule has 1 fully saturated rings. The fourth-order valence-corrected chi connectivity index (χ4v) is 3.52. The molecule has 0 atom stereocenters. The highest BCUT2D eigenvalue weighted by Crippen LogP contribution is 2.14. The minimum Gasteiger partial charge on any atom is -0.380 e. The van der Waals surface area contributed by atoms with Crippen molar-refractivity contribution in [1.82, 2.24) is 15.5 Å². The van der Waals surface area contributed by atoms with E-state index in [2.05, 4.69) is 39.8 Å². The first kappa shape index (κ1) is 19.4. The quantitative estimate of drug-likeness (QED) is 0.789. The molecule has 2 aromatic rings. The van der Waals surface area contributed by atoms with Crippen LogP contribution in [0.2, 0.25) is 0 Å². The van der Waals surface area contributed by atoms with Gasteiger partial charge in [-0.3, -0.25) is 4.90 Å². The van der Waals surface area contributed by atoms with Crippen molar-refractivity contribution in [2.75, 3.05) is 20.2 Å². The van der Waals surface area contributed by atoms with Gasteiger partial charge in [-0.25, -0.2) is 4.79 Å². The average molecular weight is 367 g/mol. The van der Waals surface area contributed by atoms with E-state index in [1.807, 2.05) is 30.3 Å². The van der Waals surface area contributed by atoms with Crippen LogP contribution in [0.3, 0.4) is 0 Å². The van der Waals surface area contributed by atoms with Crippen molar-refractivity contribution < 1.29 is 9.53 Å². The summed E-state index contributed by atoms with van der Waals surface area (Å²) in [7, 11) is 1.68. The van der Waals surface area contributed by atoms with Gasteiger partial charge < -0.3 is 15.4 Å². The molecule has 5 nitrogen and oxygen atoms in total. The number of methoxy groups -OCH3 is 1. The first-order valence-electron chi connectivity index (χ1n) is 9.61.